The number of carbonyl (C=O) groups excluding carboxylic acids is 2. The second-order valence-electron chi connectivity index (χ2n) is 3.71. The van der Waals surface area contributed by atoms with Crippen LogP contribution >= 0.6 is 23.2 Å². The number of nitrogens with zero attached hydrogens (tertiary/aromatic N) is 1. The van der Waals surface area contributed by atoms with Gasteiger partial charge in [0.2, 0.25) is 11.6 Å². The predicted octanol–water partition coefficient (Wildman–Crippen LogP) is 1.99. The molecule has 0 heterocycles. The van der Waals surface area contributed by atoms with Crippen molar-refractivity contribution in [3.05, 3.63) is 21.5 Å². The maximum Gasteiger partial charge on any atom is 0.224 e. The molecule has 0 aromatic rings. The standard InChI is InChI=1S/C12H16Cl2N2O2/c1-4-15-9-7(13)12(18)10(8(14)11(9)17)16(5-2)6-3/h15H,4-6H2,1-3H3. The minimum absolute atomic E-state index is 0.0657. The van der Waals surface area contributed by atoms with Crippen molar-refractivity contribution in [2.75, 3.05) is 19.6 Å². The lowest BCUT2D eigenvalue weighted by Crippen LogP contribution is -2.36. The van der Waals surface area contributed by atoms with Gasteiger partial charge >= 0.3 is 0 Å². The molecule has 6 heteroatoms. The molecule has 0 saturated carbocycles. The minimum Gasteiger partial charge on any atom is -0.381 e. The van der Waals surface area contributed by atoms with Gasteiger partial charge in [-0.3, -0.25) is 9.59 Å². The highest BCUT2D eigenvalue weighted by atomic mass is 35.5. The van der Waals surface area contributed by atoms with E-state index in [2.05, 4.69) is 5.32 Å². The number of ketones is 2. The quantitative estimate of drug-likeness (QED) is 0.787. The molecule has 1 aliphatic rings. The van der Waals surface area contributed by atoms with Crippen molar-refractivity contribution in [1.29, 1.82) is 0 Å². The molecule has 0 aliphatic heterocycles. The normalized spacial score (nSPS) is 16.5. The van der Waals surface area contributed by atoms with Gasteiger partial charge < -0.3 is 10.2 Å². The second kappa shape index (κ2) is 6.25. The van der Waals surface area contributed by atoms with Gasteiger partial charge in [0.05, 0.1) is 0 Å². The summed E-state index contributed by atoms with van der Waals surface area (Å²) in [6.45, 7) is 7.25. The van der Waals surface area contributed by atoms with Crippen molar-refractivity contribution in [3.8, 4) is 0 Å². The van der Waals surface area contributed by atoms with Gasteiger partial charge in [0, 0.05) is 19.6 Å². The molecular formula is C12H16Cl2N2O2. The van der Waals surface area contributed by atoms with E-state index < -0.39 is 11.6 Å². The Morgan fingerprint density at radius 3 is 2.00 bits per heavy atom. The topological polar surface area (TPSA) is 49.4 Å². The fraction of sp³-hybridized carbons (Fsp3) is 0.500. The lowest BCUT2D eigenvalue weighted by Gasteiger charge is -2.27. The van der Waals surface area contributed by atoms with E-state index in [4.69, 9.17) is 23.2 Å². The fourth-order valence-corrected chi connectivity index (χ4v) is 2.33. The number of nitrogens with one attached hydrogen (secondary N) is 1. The van der Waals surface area contributed by atoms with E-state index in [1.54, 1.807) is 4.90 Å². The molecule has 0 fully saturated rings. The van der Waals surface area contributed by atoms with Crippen molar-refractivity contribution < 1.29 is 9.59 Å². The number of halogens is 2. The van der Waals surface area contributed by atoms with Gasteiger partial charge in [0.25, 0.3) is 0 Å². The number of rotatable bonds is 5. The molecule has 1 N–H and O–H groups in total. The zero-order valence-electron chi connectivity index (χ0n) is 10.6. The van der Waals surface area contributed by atoms with Gasteiger partial charge in [-0.05, 0) is 20.8 Å². The van der Waals surface area contributed by atoms with Crippen LogP contribution in [0.3, 0.4) is 0 Å². The molecule has 0 unspecified atom stereocenters. The highest BCUT2D eigenvalue weighted by molar-refractivity contribution is 6.55. The fourth-order valence-electron chi connectivity index (χ4n) is 1.79. The highest BCUT2D eigenvalue weighted by Crippen LogP contribution is 2.29. The molecule has 0 radical (unpaired) electrons. The molecule has 0 spiro atoms. The van der Waals surface area contributed by atoms with Crippen LogP contribution in [0.5, 0.6) is 0 Å². The number of carbonyl (C=O) groups is 2. The zero-order valence-corrected chi connectivity index (χ0v) is 12.2. The van der Waals surface area contributed by atoms with E-state index in [1.165, 1.54) is 0 Å². The largest absolute Gasteiger partial charge is 0.381 e. The Bertz CT molecular complexity index is 437. The summed E-state index contributed by atoms with van der Waals surface area (Å²) in [7, 11) is 0. The monoisotopic (exact) mass is 290 g/mol. The Hall–Kier alpha value is -1.00. The van der Waals surface area contributed by atoms with Crippen LogP contribution in [-0.4, -0.2) is 36.1 Å². The van der Waals surface area contributed by atoms with E-state index in [0.717, 1.165) is 0 Å². The summed E-state index contributed by atoms with van der Waals surface area (Å²) in [6, 6.07) is 0. The first kappa shape index (κ1) is 15.1. The highest BCUT2D eigenvalue weighted by Gasteiger charge is 2.35. The lowest BCUT2D eigenvalue weighted by molar-refractivity contribution is -0.117. The van der Waals surface area contributed by atoms with Crippen LogP contribution < -0.4 is 5.32 Å². The Morgan fingerprint density at radius 1 is 1.00 bits per heavy atom. The van der Waals surface area contributed by atoms with E-state index >= 15 is 0 Å². The maximum atomic E-state index is 12.2. The molecule has 0 saturated heterocycles. The van der Waals surface area contributed by atoms with Crippen LogP contribution in [-0.2, 0) is 9.59 Å². The molecule has 100 valence electrons. The molecule has 0 bridgehead atoms. The Balaban J connectivity index is 3.25. The van der Waals surface area contributed by atoms with E-state index in [0.29, 0.717) is 19.6 Å². The number of hydrogen-bond donors (Lipinski definition) is 1. The number of hydrogen-bond acceptors (Lipinski definition) is 4. The first-order valence-corrected chi connectivity index (χ1v) is 6.62. The van der Waals surface area contributed by atoms with Gasteiger partial charge in [-0.2, -0.15) is 0 Å². The molecule has 4 nitrogen and oxygen atoms in total. The van der Waals surface area contributed by atoms with Gasteiger partial charge in [0.15, 0.2) is 0 Å². The van der Waals surface area contributed by atoms with Crippen molar-refractivity contribution in [3.63, 3.8) is 0 Å². The van der Waals surface area contributed by atoms with Gasteiger partial charge in [-0.1, -0.05) is 23.2 Å². The van der Waals surface area contributed by atoms with E-state index in [1.807, 2.05) is 20.8 Å². The molecule has 0 aromatic carbocycles. The number of Topliss-reactive ketones (excluding diaryl/α,β-unsaturated/α-hetero) is 2. The van der Waals surface area contributed by atoms with E-state index in [9.17, 15) is 9.59 Å². The molecule has 0 atom stereocenters. The zero-order chi connectivity index (χ0) is 13.9. The first-order valence-electron chi connectivity index (χ1n) is 5.87. The average Bonchev–Trinajstić information content (AvgIpc) is 2.37. The van der Waals surface area contributed by atoms with Gasteiger partial charge in [-0.15, -0.1) is 0 Å². The van der Waals surface area contributed by atoms with Crippen molar-refractivity contribution in [2.24, 2.45) is 0 Å². The van der Waals surface area contributed by atoms with Crippen LogP contribution in [0.25, 0.3) is 0 Å². The van der Waals surface area contributed by atoms with Crippen LogP contribution in [0.15, 0.2) is 21.5 Å². The third-order valence-corrected chi connectivity index (χ3v) is 3.41. The molecule has 0 aromatic heterocycles. The number of likely N-dealkylation sites (N-methyl/N-ethyl adjacent to an activating group) is 2. The van der Waals surface area contributed by atoms with Crippen LogP contribution in [0.2, 0.25) is 0 Å². The first-order chi connectivity index (χ1) is 8.49. The lowest BCUT2D eigenvalue weighted by atomic mass is 10.0. The summed E-state index contributed by atoms with van der Waals surface area (Å²) in [4.78, 5) is 25.9. The van der Waals surface area contributed by atoms with Crippen LogP contribution in [0.4, 0.5) is 0 Å². The van der Waals surface area contributed by atoms with Crippen molar-refractivity contribution >= 4 is 34.8 Å². The molecular weight excluding hydrogens is 275 g/mol. The summed E-state index contributed by atoms with van der Waals surface area (Å²) >= 11 is 12.0. The van der Waals surface area contributed by atoms with Gasteiger partial charge in [-0.25, -0.2) is 0 Å². The molecule has 1 rings (SSSR count). The Kier molecular flexibility index (Phi) is 5.23. The Labute approximate surface area is 117 Å². The average molecular weight is 291 g/mol. The van der Waals surface area contributed by atoms with Gasteiger partial charge in [0.1, 0.15) is 21.5 Å². The third-order valence-electron chi connectivity index (χ3n) is 2.70. The van der Waals surface area contributed by atoms with E-state index in [-0.39, 0.29) is 21.5 Å². The van der Waals surface area contributed by atoms with Crippen LogP contribution in [0.1, 0.15) is 20.8 Å². The summed E-state index contributed by atoms with van der Waals surface area (Å²) < 4.78 is 0. The predicted molar refractivity (Wildman–Crippen MR) is 72.4 cm³/mol. The molecule has 0 amide bonds. The van der Waals surface area contributed by atoms with Crippen molar-refractivity contribution in [1.82, 2.24) is 10.2 Å². The summed E-state index contributed by atoms with van der Waals surface area (Å²) in [5.74, 6) is -0.828. The third kappa shape index (κ3) is 2.54. The second-order valence-corrected chi connectivity index (χ2v) is 4.47. The molecule has 1 aliphatic carbocycles. The number of allylic oxidation sites excluding steroid dienone is 2. The SMILES string of the molecule is CCNC1=C(Cl)C(=O)C(N(CC)CC)=C(Cl)C1=O. The van der Waals surface area contributed by atoms with Crippen molar-refractivity contribution in [2.45, 2.75) is 20.8 Å². The summed E-state index contributed by atoms with van der Waals surface area (Å²) in [5.41, 5.74) is 0.281. The Morgan fingerprint density at radius 2 is 1.56 bits per heavy atom. The molecule has 18 heavy (non-hydrogen) atoms. The maximum absolute atomic E-state index is 12.2. The van der Waals surface area contributed by atoms with Crippen LogP contribution in [0, 0.1) is 0 Å². The minimum atomic E-state index is -0.426. The smallest absolute Gasteiger partial charge is 0.224 e. The summed E-state index contributed by atoms with van der Waals surface area (Å²) in [5, 5.41) is 2.63. The summed E-state index contributed by atoms with van der Waals surface area (Å²) in [6.07, 6.45) is 0.